The van der Waals surface area contributed by atoms with E-state index in [2.05, 4.69) is 19.2 Å². The summed E-state index contributed by atoms with van der Waals surface area (Å²) >= 11 is 0. The summed E-state index contributed by atoms with van der Waals surface area (Å²) < 4.78 is 0. The van der Waals surface area contributed by atoms with Crippen LogP contribution < -0.4 is 5.32 Å². The number of amides is 1. The Bertz CT molecular complexity index is 502. The van der Waals surface area contributed by atoms with Gasteiger partial charge in [0.1, 0.15) is 5.69 Å². The standard InChI is InChI=1S/C14H21N3O3/c1-5-10(2)9-16(4)14(18)11-7-6-8-12(17(19)20)13(11)15-3/h6-8,10,15H,5,9H2,1-4H3. The zero-order chi connectivity index (χ0) is 15.3. The average molecular weight is 279 g/mol. The lowest BCUT2D eigenvalue weighted by Gasteiger charge is -2.22. The van der Waals surface area contributed by atoms with Crippen LogP contribution in [0, 0.1) is 16.0 Å². The zero-order valence-electron chi connectivity index (χ0n) is 12.3. The van der Waals surface area contributed by atoms with Crippen LogP contribution in [0.25, 0.3) is 0 Å². The minimum atomic E-state index is -0.489. The molecule has 1 aromatic rings. The maximum atomic E-state index is 12.4. The van der Waals surface area contributed by atoms with Gasteiger partial charge in [0, 0.05) is 26.7 Å². The number of nitrogens with zero attached hydrogens (tertiary/aromatic N) is 2. The molecule has 0 aliphatic rings. The molecule has 1 N–H and O–H groups in total. The van der Waals surface area contributed by atoms with E-state index in [4.69, 9.17) is 0 Å². The maximum Gasteiger partial charge on any atom is 0.293 e. The Morgan fingerprint density at radius 3 is 2.65 bits per heavy atom. The number of para-hydroxylation sites is 1. The SMILES string of the molecule is CCC(C)CN(C)C(=O)c1cccc([N+](=O)[O-])c1NC. The number of carbonyl (C=O) groups excluding carboxylic acids is 1. The molecular weight excluding hydrogens is 258 g/mol. The monoisotopic (exact) mass is 279 g/mol. The number of nitro groups is 1. The molecule has 1 rings (SSSR count). The molecule has 1 amide bonds. The highest BCUT2D eigenvalue weighted by Crippen LogP contribution is 2.28. The molecule has 1 unspecified atom stereocenters. The Morgan fingerprint density at radius 1 is 1.50 bits per heavy atom. The van der Waals surface area contributed by atoms with E-state index in [1.807, 2.05) is 0 Å². The van der Waals surface area contributed by atoms with Gasteiger partial charge in [0.15, 0.2) is 0 Å². The molecule has 6 nitrogen and oxygen atoms in total. The number of nitro benzene ring substituents is 1. The number of hydrogen-bond donors (Lipinski definition) is 1. The van der Waals surface area contributed by atoms with Crippen molar-refractivity contribution in [2.45, 2.75) is 20.3 Å². The summed E-state index contributed by atoms with van der Waals surface area (Å²) in [7, 11) is 3.29. The van der Waals surface area contributed by atoms with Crippen LogP contribution in [-0.2, 0) is 0 Å². The number of nitrogens with one attached hydrogen (secondary N) is 1. The lowest BCUT2D eigenvalue weighted by atomic mass is 10.1. The molecule has 0 spiro atoms. The van der Waals surface area contributed by atoms with E-state index in [9.17, 15) is 14.9 Å². The molecule has 0 saturated heterocycles. The van der Waals surface area contributed by atoms with Crippen molar-refractivity contribution >= 4 is 17.3 Å². The van der Waals surface area contributed by atoms with E-state index in [1.165, 1.54) is 12.1 Å². The Labute approximate surface area is 118 Å². The zero-order valence-corrected chi connectivity index (χ0v) is 12.3. The molecule has 0 aromatic heterocycles. The Hall–Kier alpha value is -2.11. The van der Waals surface area contributed by atoms with Gasteiger partial charge >= 0.3 is 0 Å². The largest absolute Gasteiger partial charge is 0.382 e. The van der Waals surface area contributed by atoms with Crippen molar-refractivity contribution in [1.29, 1.82) is 0 Å². The van der Waals surface area contributed by atoms with E-state index >= 15 is 0 Å². The average Bonchev–Trinajstić information content (AvgIpc) is 2.44. The molecule has 0 radical (unpaired) electrons. The first-order valence-electron chi connectivity index (χ1n) is 6.62. The Balaban J connectivity index is 3.09. The molecule has 1 aromatic carbocycles. The fraction of sp³-hybridized carbons (Fsp3) is 0.500. The van der Waals surface area contributed by atoms with Crippen LogP contribution >= 0.6 is 0 Å². The third-order valence-electron chi connectivity index (χ3n) is 3.35. The Kier molecular flexibility index (Phi) is 5.49. The van der Waals surface area contributed by atoms with Gasteiger partial charge in [-0.3, -0.25) is 14.9 Å². The van der Waals surface area contributed by atoms with Gasteiger partial charge < -0.3 is 10.2 Å². The first-order chi connectivity index (χ1) is 9.42. The number of carbonyl (C=O) groups is 1. The van der Waals surface area contributed by atoms with Crippen LogP contribution in [0.4, 0.5) is 11.4 Å². The lowest BCUT2D eigenvalue weighted by molar-refractivity contribution is -0.384. The predicted octanol–water partition coefficient (Wildman–Crippen LogP) is 2.75. The molecule has 0 aliphatic heterocycles. The van der Waals surface area contributed by atoms with E-state index in [1.54, 1.807) is 25.1 Å². The summed E-state index contributed by atoms with van der Waals surface area (Å²) in [5.41, 5.74) is 0.501. The minimum Gasteiger partial charge on any atom is -0.382 e. The third-order valence-corrected chi connectivity index (χ3v) is 3.35. The highest BCUT2D eigenvalue weighted by atomic mass is 16.6. The Morgan fingerprint density at radius 2 is 2.15 bits per heavy atom. The van der Waals surface area contributed by atoms with Crippen molar-refractivity contribution in [2.75, 3.05) is 26.0 Å². The summed E-state index contributed by atoms with van der Waals surface area (Å²) in [5, 5.41) is 13.7. The summed E-state index contributed by atoms with van der Waals surface area (Å²) in [5.74, 6) is 0.180. The molecule has 0 fully saturated rings. The smallest absolute Gasteiger partial charge is 0.293 e. The van der Waals surface area contributed by atoms with E-state index in [-0.39, 0.29) is 17.3 Å². The van der Waals surface area contributed by atoms with Crippen LogP contribution in [-0.4, -0.2) is 36.4 Å². The van der Waals surface area contributed by atoms with Gasteiger partial charge in [-0.1, -0.05) is 26.3 Å². The first kappa shape index (κ1) is 15.9. The van der Waals surface area contributed by atoms with E-state index in [0.29, 0.717) is 18.0 Å². The van der Waals surface area contributed by atoms with Gasteiger partial charge in [-0.05, 0) is 12.0 Å². The summed E-state index contributed by atoms with van der Waals surface area (Å²) in [6.07, 6.45) is 0.978. The van der Waals surface area contributed by atoms with Crippen LogP contribution in [0.1, 0.15) is 30.6 Å². The highest BCUT2D eigenvalue weighted by Gasteiger charge is 2.23. The molecule has 6 heteroatoms. The molecule has 20 heavy (non-hydrogen) atoms. The van der Waals surface area contributed by atoms with Crippen molar-refractivity contribution in [3.8, 4) is 0 Å². The summed E-state index contributed by atoms with van der Waals surface area (Å²) in [6.45, 7) is 4.76. The van der Waals surface area contributed by atoms with Crippen LogP contribution in [0.3, 0.4) is 0 Å². The van der Waals surface area contributed by atoms with Gasteiger partial charge in [-0.25, -0.2) is 0 Å². The number of benzene rings is 1. The molecule has 1 atom stereocenters. The van der Waals surface area contributed by atoms with Gasteiger partial charge in [-0.15, -0.1) is 0 Å². The second-order valence-electron chi connectivity index (χ2n) is 4.91. The number of anilines is 1. The number of hydrogen-bond acceptors (Lipinski definition) is 4. The molecule has 0 aliphatic carbocycles. The predicted molar refractivity (Wildman–Crippen MR) is 79.1 cm³/mol. The van der Waals surface area contributed by atoms with Gasteiger partial charge in [-0.2, -0.15) is 0 Å². The fourth-order valence-corrected chi connectivity index (χ4v) is 2.02. The van der Waals surface area contributed by atoms with Gasteiger partial charge in [0.2, 0.25) is 0 Å². The third kappa shape index (κ3) is 3.46. The van der Waals surface area contributed by atoms with Crippen LogP contribution in [0.2, 0.25) is 0 Å². The van der Waals surface area contributed by atoms with Crippen LogP contribution in [0.15, 0.2) is 18.2 Å². The van der Waals surface area contributed by atoms with Gasteiger partial charge in [0.25, 0.3) is 11.6 Å². The quantitative estimate of drug-likeness (QED) is 0.641. The molecule has 0 bridgehead atoms. The second kappa shape index (κ2) is 6.88. The molecule has 0 saturated carbocycles. The lowest BCUT2D eigenvalue weighted by Crippen LogP contribution is -2.31. The maximum absolute atomic E-state index is 12.4. The first-order valence-corrected chi connectivity index (χ1v) is 6.62. The van der Waals surface area contributed by atoms with Gasteiger partial charge in [0.05, 0.1) is 10.5 Å². The number of rotatable bonds is 6. The normalized spacial score (nSPS) is 11.8. The van der Waals surface area contributed by atoms with Crippen LogP contribution in [0.5, 0.6) is 0 Å². The molecule has 110 valence electrons. The van der Waals surface area contributed by atoms with Crippen molar-refractivity contribution in [2.24, 2.45) is 5.92 Å². The summed E-state index contributed by atoms with van der Waals surface area (Å²) in [6, 6.07) is 4.52. The fourth-order valence-electron chi connectivity index (χ4n) is 2.02. The van der Waals surface area contributed by atoms with E-state index < -0.39 is 4.92 Å². The minimum absolute atomic E-state index is 0.0877. The molecular formula is C14H21N3O3. The summed E-state index contributed by atoms with van der Waals surface area (Å²) in [4.78, 5) is 24.5. The van der Waals surface area contributed by atoms with Crippen molar-refractivity contribution in [3.05, 3.63) is 33.9 Å². The van der Waals surface area contributed by atoms with Crippen molar-refractivity contribution < 1.29 is 9.72 Å². The highest BCUT2D eigenvalue weighted by molar-refractivity contribution is 6.01. The van der Waals surface area contributed by atoms with Crippen molar-refractivity contribution in [1.82, 2.24) is 4.90 Å². The van der Waals surface area contributed by atoms with E-state index in [0.717, 1.165) is 6.42 Å². The van der Waals surface area contributed by atoms with Crippen molar-refractivity contribution in [3.63, 3.8) is 0 Å². The molecule has 0 heterocycles. The second-order valence-corrected chi connectivity index (χ2v) is 4.91. The topological polar surface area (TPSA) is 75.5 Å².